The second-order valence-electron chi connectivity index (χ2n) is 5.11. The van der Waals surface area contributed by atoms with Crippen molar-refractivity contribution in [2.45, 2.75) is 25.8 Å². The predicted molar refractivity (Wildman–Crippen MR) is 81.3 cm³/mol. The van der Waals surface area contributed by atoms with E-state index in [0.29, 0.717) is 11.4 Å². The number of fused-ring (bicyclic) bond motifs is 1. The van der Waals surface area contributed by atoms with Crippen LogP contribution in [0.15, 0.2) is 36.7 Å². The number of benzene rings is 1. The zero-order valence-electron chi connectivity index (χ0n) is 12.2. The van der Waals surface area contributed by atoms with E-state index in [1.807, 2.05) is 31.2 Å². The first-order valence-electron chi connectivity index (χ1n) is 7.18. The van der Waals surface area contributed by atoms with E-state index in [9.17, 15) is 9.59 Å². The highest BCUT2D eigenvalue weighted by Gasteiger charge is 2.26. The first kappa shape index (κ1) is 14.2. The van der Waals surface area contributed by atoms with Crippen molar-refractivity contribution < 1.29 is 9.59 Å². The second-order valence-corrected chi connectivity index (χ2v) is 5.11. The molecule has 0 saturated heterocycles. The van der Waals surface area contributed by atoms with Gasteiger partial charge >= 0.3 is 0 Å². The Morgan fingerprint density at radius 2 is 2.05 bits per heavy atom. The van der Waals surface area contributed by atoms with Gasteiger partial charge in [-0.25, -0.2) is 9.97 Å². The van der Waals surface area contributed by atoms with Crippen LogP contribution in [-0.4, -0.2) is 21.8 Å². The van der Waals surface area contributed by atoms with Crippen molar-refractivity contribution in [2.24, 2.45) is 0 Å². The summed E-state index contributed by atoms with van der Waals surface area (Å²) in [5.74, 6) is 0.303. The summed E-state index contributed by atoms with van der Waals surface area (Å²) < 4.78 is 0. The van der Waals surface area contributed by atoms with Gasteiger partial charge in [-0.2, -0.15) is 0 Å². The van der Waals surface area contributed by atoms with Crippen molar-refractivity contribution in [3.05, 3.63) is 53.6 Å². The van der Waals surface area contributed by atoms with Gasteiger partial charge in [-0.3, -0.25) is 9.59 Å². The topological polar surface area (TPSA) is 84.0 Å². The van der Waals surface area contributed by atoms with Crippen LogP contribution in [0.4, 0.5) is 5.69 Å². The third-order valence-corrected chi connectivity index (χ3v) is 3.59. The molecule has 6 heteroatoms. The van der Waals surface area contributed by atoms with Crippen LogP contribution in [0.5, 0.6) is 0 Å². The number of hydrogen-bond donors (Lipinski definition) is 2. The molecule has 112 valence electrons. The van der Waals surface area contributed by atoms with E-state index in [1.54, 1.807) is 0 Å². The maximum atomic E-state index is 12.3. The Bertz CT molecular complexity index is 712. The molecule has 1 aromatic heterocycles. The van der Waals surface area contributed by atoms with Crippen LogP contribution in [0.3, 0.4) is 0 Å². The molecule has 2 amide bonds. The van der Waals surface area contributed by atoms with Crippen molar-refractivity contribution in [3.8, 4) is 0 Å². The summed E-state index contributed by atoms with van der Waals surface area (Å²) in [6.45, 7) is 1.95. The quantitative estimate of drug-likeness (QED) is 0.905. The molecule has 1 aliphatic rings. The van der Waals surface area contributed by atoms with Crippen molar-refractivity contribution in [1.29, 1.82) is 0 Å². The molecule has 3 rings (SSSR count). The lowest BCUT2D eigenvalue weighted by molar-refractivity contribution is -0.116. The maximum absolute atomic E-state index is 12.3. The average Bonchev–Trinajstić information content (AvgIpc) is 2.54. The van der Waals surface area contributed by atoms with Crippen molar-refractivity contribution in [2.75, 3.05) is 5.32 Å². The fourth-order valence-electron chi connectivity index (χ4n) is 2.44. The van der Waals surface area contributed by atoms with Crippen molar-refractivity contribution >= 4 is 17.5 Å². The fourth-order valence-corrected chi connectivity index (χ4v) is 2.44. The van der Waals surface area contributed by atoms with Gasteiger partial charge in [-0.15, -0.1) is 0 Å². The van der Waals surface area contributed by atoms with E-state index < -0.39 is 0 Å². The molecule has 22 heavy (non-hydrogen) atoms. The molecular weight excluding hydrogens is 280 g/mol. The zero-order chi connectivity index (χ0) is 15.5. The van der Waals surface area contributed by atoms with Crippen molar-refractivity contribution in [1.82, 2.24) is 15.3 Å². The van der Waals surface area contributed by atoms with Gasteiger partial charge < -0.3 is 10.6 Å². The third kappa shape index (κ3) is 2.81. The molecule has 1 aliphatic heterocycles. The molecule has 2 heterocycles. The number of aromatic nitrogens is 2. The maximum Gasteiger partial charge on any atom is 0.254 e. The molecule has 0 fully saturated rings. The Morgan fingerprint density at radius 3 is 2.77 bits per heavy atom. The minimum Gasteiger partial charge on any atom is -0.345 e. The lowest BCUT2D eigenvalue weighted by atomic mass is 9.97. The molecule has 0 bridgehead atoms. The van der Waals surface area contributed by atoms with E-state index in [4.69, 9.17) is 0 Å². The number of aryl methyl sites for hydroxylation is 1. The highest BCUT2D eigenvalue weighted by atomic mass is 16.2. The van der Waals surface area contributed by atoms with E-state index >= 15 is 0 Å². The Morgan fingerprint density at radius 1 is 1.32 bits per heavy atom. The van der Waals surface area contributed by atoms with Crippen LogP contribution in [0.2, 0.25) is 0 Å². The molecule has 2 N–H and O–H groups in total. The SMILES string of the molecule is CCc1ncc(C(=O)N[C@@H]2CC(=O)Nc3ccccc32)cn1. The van der Waals surface area contributed by atoms with Gasteiger partial charge in [0.25, 0.3) is 5.91 Å². The van der Waals surface area contributed by atoms with Crippen molar-refractivity contribution in [3.63, 3.8) is 0 Å². The number of nitrogens with zero attached hydrogens (tertiary/aromatic N) is 2. The highest BCUT2D eigenvalue weighted by Crippen LogP contribution is 2.30. The largest absolute Gasteiger partial charge is 0.345 e. The number of rotatable bonds is 3. The Labute approximate surface area is 128 Å². The molecule has 1 atom stereocenters. The molecule has 2 aromatic rings. The first-order chi connectivity index (χ1) is 10.7. The molecule has 0 radical (unpaired) electrons. The van der Waals surface area contributed by atoms with Crippen LogP contribution < -0.4 is 10.6 Å². The van der Waals surface area contributed by atoms with Gasteiger partial charge in [-0.05, 0) is 11.6 Å². The predicted octanol–water partition coefficient (Wildman–Crippen LogP) is 1.85. The summed E-state index contributed by atoms with van der Waals surface area (Å²) in [5, 5.41) is 5.68. The molecule has 6 nitrogen and oxygen atoms in total. The molecule has 0 saturated carbocycles. The van der Waals surface area contributed by atoms with E-state index in [0.717, 1.165) is 17.7 Å². The Kier molecular flexibility index (Phi) is 3.82. The second kappa shape index (κ2) is 5.93. The Hall–Kier alpha value is -2.76. The van der Waals surface area contributed by atoms with Crippen LogP contribution in [0.25, 0.3) is 0 Å². The molecule has 0 aliphatic carbocycles. The summed E-state index contributed by atoms with van der Waals surface area (Å²) in [6, 6.07) is 7.11. The monoisotopic (exact) mass is 296 g/mol. The normalized spacial score (nSPS) is 16.6. The van der Waals surface area contributed by atoms with Gasteiger partial charge in [0, 0.05) is 24.5 Å². The minimum absolute atomic E-state index is 0.110. The van der Waals surface area contributed by atoms with Crippen LogP contribution in [-0.2, 0) is 11.2 Å². The first-order valence-corrected chi connectivity index (χ1v) is 7.18. The summed E-state index contributed by atoms with van der Waals surface area (Å²) in [6.07, 6.45) is 3.96. The standard InChI is InChI=1S/C16H16N4O2/c1-2-14-17-8-10(9-18-14)16(22)20-13-7-15(21)19-12-6-4-3-5-11(12)13/h3-6,8-9,13H,2,7H2,1H3,(H,19,21)(H,20,22)/t13-/m1/s1. The number of amides is 2. The molecule has 0 unspecified atom stereocenters. The van der Waals surface area contributed by atoms with Gasteiger partial charge in [0.2, 0.25) is 5.91 Å². The molecule has 0 spiro atoms. The van der Waals surface area contributed by atoms with Gasteiger partial charge in [0.05, 0.1) is 18.0 Å². The molecule has 1 aromatic carbocycles. The smallest absolute Gasteiger partial charge is 0.254 e. The van der Waals surface area contributed by atoms with E-state index in [2.05, 4.69) is 20.6 Å². The fraction of sp³-hybridized carbons (Fsp3) is 0.250. The number of carbonyl (C=O) groups excluding carboxylic acids is 2. The highest BCUT2D eigenvalue weighted by molar-refractivity contribution is 5.97. The number of nitrogens with one attached hydrogen (secondary N) is 2. The lowest BCUT2D eigenvalue weighted by Crippen LogP contribution is -2.35. The van der Waals surface area contributed by atoms with E-state index in [-0.39, 0.29) is 24.3 Å². The summed E-state index contributed by atoms with van der Waals surface area (Å²) in [7, 11) is 0. The summed E-state index contributed by atoms with van der Waals surface area (Å²) >= 11 is 0. The van der Waals surface area contributed by atoms with E-state index in [1.165, 1.54) is 12.4 Å². The lowest BCUT2D eigenvalue weighted by Gasteiger charge is -2.26. The van der Waals surface area contributed by atoms with Gasteiger partial charge in [0.15, 0.2) is 0 Å². The minimum atomic E-state index is -0.344. The summed E-state index contributed by atoms with van der Waals surface area (Å²) in [4.78, 5) is 32.3. The van der Waals surface area contributed by atoms with Gasteiger partial charge in [-0.1, -0.05) is 25.1 Å². The zero-order valence-corrected chi connectivity index (χ0v) is 12.2. The third-order valence-electron chi connectivity index (χ3n) is 3.59. The number of hydrogen-bond acceptors (Lipinski definition) is 4. The molecular formula is C16H16N4O2. The number of carbonyl (C=O) groups is 2. The Balaban J connectivity index is 1.80. The van der Waals surface area contributed by atoms with Crippen LogP contribution >= 0.6 is 0 Å². The summed E-state index contributed by atoms with van der Waals surface area (Å²) in [5.41, 5.74) is 2.03. The number of anilines is 1. The van der Waals surface area contributed by atoms with Crippen LogP contribution in [0, 0.1) is 0 Å². The average molecular weight is 296 g/mol. The number of para-hydroxylation sites is 1. The van der Waals surface area contributed by atoms with Crippen LogP contribution in [0.1, 0.15) is 41.1 Å². The van der Waals surface area contributed by atoms with Gasteiger partial charge in [0.1, 0.15) is 5.82 Å².